The number of aliphatic carboxylic acids is 1. The normalized spacial score (nSPS) is 18.9. The zero-order valence-electron chi connectivity index (χ0n) is 16.9. The Morgan fingerprint density at radius 1 is 1.07 bits per heavy atom. The van der Waals surface area contributed by atoms with E-state index in [4.69, 9.17) is 4.74 Å². The van der Waals surface area contributed by atoms with Crippen LogP contribution in [0.3, 0.4) is 0 Å². The van der Waals surface area contributed by atoms with Gasteiger partial charge >= 0.3 is 5.97 Å². The average molecular weight is 395 g/mol. The number of benzene rings is 2. The van der Waals surface area contributed by atoms with Crippen molar-refractivity contribution in [3.8, 4) is 0 Å². The van der Waals surface area contributed by atoms with Crippen LogP contribution in [0, 0.1) is 5.92 Å². The Bertz CT molecular complexity index is 754. The molecule has 0 aromatic heterocycles. The molecule has 1 fully saturated rings. The number of ether oxygens (including phenoxy) is 1. The molecule has 0 aliphatic carbocycles. The van der Waals surface area contributed by atoms with Crippen LogP contribution in [-0.2, 0) is 14.3 Å². The van der Waals surface area contributed by atoms with Gasteiger partial charge in [0.2, 0.25) is 5.91 Å². The number of unbranched alkanes of at least 4 members (excludes halogenated alkanes) is 1. The fraction of sp³-hybridized carbons (Fsp3) is 0.417. The number of hydrogen-bond donors (Lipinski definition) is 1. The zero-order chi connectivity index (χ0) is 20.6. The van der Waals surface area contributed by atoms with Gasteiger partial charge in [-0.25, -0.2) is 4.79 Å². The molecule has 0 unspecified atom stereocenters. The van der Waals surface area contributed by atoms with Crippen LogP contribution in [0.1, 0.15) is 43.2 Å². The quantitative estimate of drug-likeness (QED) is 0.653. The summed E-state index contributed by atoms with van der Waals surface area (Å²) in [7, 11) is 0. The highest BCUT2D eigenvalue weighted by Gasteiger charge is 2.42. The van der Waals surface area contributed by atoms with Gasteiger partial charge in [-0.05, 0) is 24.0 Å². The maximum Gasteiger partial charge on any atom is 0.326 e. The second-order valence-electron chi connectivity index (χ2n) is 7.63. The molecule has 2 aromatic rings. The Morgan fingerprint density at radius 3 is 2.17 bits per heavy atom. The van der Waals surface area contributed by atoms with Crippen LogP contribution in [-0.4, -0.2) is 47.7 Å². The Hall–Kier alpha value is -2.66. The molecule has 3 rings (SSSR count). The predicted octanol–water partition coefficient (Wildman–Crippen LogP) is 3.94. The highest BCUT2D eigenvalue weighted by molar-refractivity contribution is 5.91. The Kier molecular flexibility index (Phi) is 7.42. The van der Waals surface area contributed by atoms with Crippen molar-refractivity contribution in [2.24, 2.45) is 5.92 Å². The molecule has 29 heavy (non-hydrogen) atoms. The second kappa shape index (κ2) is 10.2. The van der Waals surface area contributed by atoms with Crippen molar-refractivity contribution in [2.75, 3.05) is 19.8 Å². The van der Waals surface area contributed by atoms with E-state index in [-0.39, 0.29) is 11.8 Å². The van der Waals surface area contributed by atoms with Crippen LogP contribution in [0.5, 0.6) is 0 Å². The first kappa shape index (κ1) is 21.1. The number of likely N-dealkylation sites (tertiary alicyclic amines) is 1. The van der Waals surface area contributed by atoms with E-state index in [1.165, 1.54) is 0 Å². The first-order valence-electron chi connectivity index (χ1n) is 10.3. The van der Waals surface area contributed by atoms with Crippen molar-refractivity contribution in [3.63, 3.8) is 0 Å². The third-order valence-electron chi connectivity index (χ3n) is 5.46. The van der Waals surface area contributed by atoms with Crippen molar-refractivity contribution in [1.82, 2.24) is 4.90 Å². The third kappa shape index (κ3) is 5.24. The largest absolute Gasteiger partial charge is 0.480 e. The standard InChI is InChI=1S/C24H29NO4/c1-2-3-14-29-17-18-15-21(24(27)28)25(16-18)23(26)22(19-10-6-4-7-11-19)20-12-8-5-9-13-20/h4-13,18,21-22H,2-3,14-17H2,1H3,(H,27,28)/t18-,21-/m0/s1. The van der Waals surface area contributed by atoms with Gasteiger partial charge < -0.3 is 14.7 Å². The van der Waals surface area contributed by atoms with Gasteiger partial charge in [0.15, 0.2) is 0 Å². The summed E-state index contributed by atoms with van der Waals surface area (Å²) >= 11 is 0. The topological polar surface area (TPSA) is 66.8 Å². The van der Waals surface area contributed by atoms with E-state index in [0.717, 1.165) is 24.0 Å². The number of amides is 1. The summed E-state index contributed by atoms with van der Waals surface area (Å²) in [5.41, 5.74) is 1.74. The lowest BCUT2D eigenvalue weighted by atomic mass is 9.90. The molecule has 1 saturated heterocycles. The Balaban J connectivity index is 1.83. The molecule has 2 atom stereocenters. The first-order chi connectivity index (χ1) is 14.1. The predicted molar refractivity (Wildman–Crippen MR) is 112 cm³/mol. The number of carboxylic acid groups (broad SMARTS) is 1. The summed E-state index contributed by atoms with van der Waals surface area (Å²) in [6.45, 7) is 3.69. The van der Waals surface area contributed by atoms with E-state index >= 15 is 0 Å². The molecule has 5 heteroatoms. The minimum Gasteiger partial charge on any atom is -0.480 e. The zero-order valence-corrected chi connectivity index (χ0v) is 16.9. The Labute approximate surface area is 172 Å². The van der Waals surface area contributed by atoms with Crippen molar-refractivity contribution in [3.05, 3.63) is 71.8 Å². The minimum atomic E-state index is -0.950. The molecule has 0 spiro atoms. The molecule has 2 aromatic carbocycles. The molecule has 0 saturated carbocycles. The van der Waals surface area contributed by atoms with Gasteiger partial charge in [-0.3, -0.25) is 4.79 Å². The van der Waals surface area contributed by atoms with Gasteiger partial charge in [0.1, 0.15) is 6.04 Å². The molecule has 1 amide bonds. The lowest BCUT2D eigenvalue weighted by Crippen LogP contribution is -2.43. The summed E-state index contributed by atoms with van der Waals surface area (Å²) in [6.07, 6.45) is 2.48. The minimum absolute atomic E-state index is 0.0455. The molecule has 5 nitrogen and oxygen atoms in total. The van der Waals surface area contributed by atoms with Crippen LogP contribution in [0.25, 0.3) is 0 Å². The summed E-state index contributed by atoms with van der Waals surface area (Å²) in [6, 6.07) is 18.3. The van der Waals surface area contributed by atoms with Crippen LogP contribution in [0.2, 0.25) is 0 Å². The Morgan fingerprint density at radius 2 is 1.66 bits per heavy atom. The fourth-order valence-electron chi connectivity index (χ4n) is 3.95. The molecule has 1 aliphatic heterocycles. The van der Waals surface area contributed by atoms with Crippen molar-refractivity contribution in [1.29, 1.82) is 0 Å². The van der Waals surface area contributed by atoms with Gasteiger partial charge in [0.05, 0.1) is 12.5 Å². The lowest BCUT2D eigenvalue weighted by Gasteiger charge is -2.27. The van der Waals surface area contributed by atoms with E-state index < -0.39 is 17.9 Å². The van der Waals surface area contributed by atoms with Crippen molar-refractivity contribution in [2.45, 2.75) is 38.1 Å². The maximum atomic E-state index is 13.6. The van der Waals surface area contributed by atoms with E-state index in [1.54, 1.807) is 4.90 Å². The third-order valence-corrected chi connectivity index (χ3v) is 5.46. The van der Waals surface area contributed by atoms with E-state index in [0.29, 0.717) is 26.2 Å². The number of rotatable bonds is 9. The number of carbonyl (C=O) groups is 2. The van der Waals surface area contributed by atoms with Crippen molar-refractivity contribution >= 4 is 11.9 Å². The van der Waals surface area contributed by atoms with Crippen LogP contribution < -0.4 is 0 Å². The number of carbonyl (C=O) groups excluding carboxylic acids is 1. The molecule has 0 radical (unpaired) electrons. The second-order valence-corrected chi connectivity index (χ2v) is 7.63. The summed E-state index contributed by atoms with van der Waals surface area (Å²) in [5, 5.41) is 9.75. The number of nitrogens with zero attached hydrogens (tertiary/aromatic N) is 1. The van der Waals surface area contributed by atoms with Gasteiger partial charge in [-0.1, -0.05) is 74.0 Å². The van der Waals surface area contributed by atoms with Crippen molar-refractivity contribution < 1.29 is 19.4 Å². The monoisotopic (exact) mass is 395 g/mol. The maximum absolute atomic E-state index is 13.6. The molecule has 1 heterocycles. The summed E-state index contributed by atoms with van der Waals surface area (Å²) in [5.74, 6) is -1.58. The average Bonchev–Trinajstić information content (AvgIpc) is 3.18. The van der Waals surface area contributed by atoms with Gasteiger partial charge in [0, 0.05) is 19.1 Å². The van der Waals surface area contributed by atoms with Gasteiger partial charge in [-0.2, -0.15) is 0 Å². The molecule has 0 bridgehead atoms. The van der Waals surface area contributed by atoms with Crippen LogP contribution >= 0.6 is 0 Å². The molecule has 1 aliphatic rings. The lowest BCUT2D eigenvalue weighted by molar-refractivity contribution is -0.148. The summed E-state index contributed by atoms with van der Waals surface area (Å²) < 4.78 is 5.71. The SMILES string of the molecule is CCCCOC[C@H]1C[C@@H](C(=O)O)N(C(=O)C(c2ccccc2)c2ccccc2)C1. The van der Waals surface area contributed by atoms with E-state index in [2.05, 4.69) is 6.92 Å². The van der Waals surface area contributed by atoms with Gasteiger partial charge in [-0.15, -0.1) is 0 Å². The molecular weight excluding hydrogens is 366 g/mol. The number of hydrogen-bond acceptors (Lipinski definition) is 3. The van der Waals surface area contributed by atoms with Crippen LogP contribution in [0.15, 0.2) is 60.7 Å². The fourth-order valence-corrected chi connectivity index (χ4v) is 3.95. The highest BCUT2D eigenvalue weighted by Crippen LogP contribution is 2.32. The molecular formula is C24H29NO4. The summed E-state index contributed by atoms with van der Waals surface area (Å²) in [4.78, 5) is 27.0. The van der Waals surface area contributed by atoms with E-state index in [1.807, 2.05) is 60.7 Å². The first-order valence-corrected chi connectivity index (χ1v) is 10.3. The van der Waals surface area contributed by atoms with E-state index in [9.17, 15) is 14.7 Å². The smallest absolute Gasteiger partial charge is 0.326 e. The highest BCUT2D eigenvalue weighted by atomic mass is 16.5. The molecule has 1 N–H and O–H groups in total. The number of carboxylic acids is 1. The van der Waals surface area contributed by atoms with Crippen LogP contribution in [0.4, 0.5) is 0 Å². The van der Waals surface area contributed by atoms with Gasteiger partial charge in [0.25, 0.3) is 0 Å². The molecule has 154 valence electrons.